The minimum absolute atomic E-state index is 0.100. The van der Waals surface area contributed by atoms with Gasteiger partial charge in [0.25, 0.3) is 5.91 Å². The first-order chi connectivity index (χ1) is 16.6. The zero-order chi connectivity index (χ0) is 24.9. The van der Waals surface area contributed by atoms with Gasteiger partial charge in [0.2, 0.25) is 0 Å². The number of thiophene rings is 1. The van der Waals surface area contributed by atoms with E-state index in [-0.39, 0.29) is 17.9 Å². The predicted octanol–water partition coefficient (Wildman–Crippen LogP) is 6.51. The number of hydrogen-bond donors (Lipinski definition) is 2. The molecule has 0 fully saturated rings. The van der Waals surface area contributed by atoms with Crippen LogP contribution in [0.3, 0.4) is 0 Å². The van der Waals surface area contributed by atoms with E-state index in [1.165, 1.54) is 17.4 Å². The number of hydrogen-bond acceptors (Lipinski definition) is 5. The smallest absolute Gasteiger partial charge is 0.363 e. The maximum atomic E-state index is 13.9. The minimum Gasteiger partial charge on any atom is -0.363 e. The van der Waals surface area contributed by atoms with E-state index < -0.39 is 24.2 Å². The number of alkyl halides is 3. The fourth-order valence-electron chi connectivity index (χ4n) is 4.72. The van der Waals surface area contributed by atoms with Crippen molar-refractivity contribution in [2.24, 2.45) is 5.92 Å². The maximum absolute atomic E-state index is 13.9. The SMILES string of the molecule is C[C@@H]1CCc2c(sc(NC(=O)c3cc4n(n3)[C@@H](C(F)(F)F)C[C@H](c3ccc(Cl)cc3)N4)c2C#N)C1. The summed E-state index contributed by atoms with van der Waals surface area (Å²) in [4.78, 5) is 14.1. The molecule has 0 bridgehead atoms. The molecule has 0 saturated carbocycles. The largest absolute Gasteiger partial charge is 0.410 e. The lowest BCUT2D eigenvalue weighted by Gasteiger charge is -2.33. The number of anilines is 2. The van der Waals surface area contributed by atoms with Crippen molar-refractivity contribution in [3.8, 4) is 6.07 Å². The summed E-state index contributed by atoms with van der Waals surface area (Å²) in [6, 6.07) is 7.57. The van der Waals surface area contributed by atoms with Crippen LogP contribution in [0.15, 0.2) is 30.3 Å². The molecule has 1 aliphatic heterocycles. The molecule has 0 spiro atoms. The van der Waals surface area contributed by atoms with Crippen LogP contribution in [0.25, 0.3) is 0 Å². The molecule has 0 saturated heterocycles. The summed E-state index contributed by atoms with van der Waals surface area (Å²) >= 11 is 7.28. The molecule has 6 nitrogen and oxygen atoms in total. The van der Waals surface area contributed by atoms with Gasteiger partial charge in [-0.1, -0.05) is 30.7 Å². The number of amides is 1. The molecular weight excluding hydrogens is 499 g/mol. The van der Waals surface area contributed by atoms with Gasteiger partial charge in [0.15, 0.2) is 11.7 Å². The number of rotatable bonds is 3. The van der Waals surface area contributed by atoms with Gasteiger partial charge in [-0.25, -0.2) is 4.68 Å². The Morgan fingerprint density at radius 2 is 2.09 bits per heavy atom. The lowest BCUT2D eigenvalue weighted by molar-refractivity contribution is -0.173. The number of benzene rings is 1. The van der Waals surface area contributed by atoms with E-state index in [2.05, 4.69) is 28.7 Å². The Balaban J connectivity index is 1.44. The molecule has 3 heterocycles. The second kappa shape index (κ2) is 8.88. The average molecular weight is 520 g/mol. The van der Waals surface area contributed by atoms with Crippen LogP contribution in [-0.2, 0) is 12.8 Å². The Kier molecular flexibility index (Phi) is 6.01. The highest BCUT2D eigenvalue weighted by Crippen LogP contribution is 2.44. The Morgan fingerprint density at radius 3 is 2.77 bits per heavy atom. The van der Waals surface area contributed by atoms with Crippen LogP contribution in [0, 0.1) is 17.2 Å². The van der Waals surface area contributed by atoms with Gasteiger partial charge < -0.3 is 10.6 Å². The third kappa shape index (κ3) is 4.50. The molecule has 35 heavy (non-hydrogen) atoms. The van der Waals surface area contributed by atoms with E-state index in [4.69, 9.17) is 11.6 Å². The second-order valence-electron chi connectivity index (χ2n) is 9.02. The quantitative estimate of drug-likeness (QED) is 0.413. The molecule has 0 unspecified atom stereocenters. The van der Waals surface area contributed by atoms with Crippen molar-refractivity contribution >= 4 is 39.7 Å². The predicted molar refractivity (Wildman–Crippen MR) is 128 cm³/mol. The number of aromatic nitrogens is 2. The molecule has 11 heteroatoms. The molecule has 1 aliphatic carbocycles. The lowest BCUT2D eigenvalue weighted by atomic mass is 9.89. The monoisotopic (exact) mass is 519 g/mol. The number of nitriles is 1. The fourth-order valence-corrected chi connectivity index (χ4v) is 6.20. The summed E-state index contributed by atoms with van der Waals surface area (Å²) in [5.74, 6) is -0.0561. The van der Waals surface area contributed by atoms with Crippen LogP contribution in [0.5, 0.6) is 0 Å². The summed E-state index contributed by atoms with van der Waals surface area (Å²) in [5, 5.41) is 20.4. The van der Waals surface area contributed by atoms with Gasteiger partial charge in [-0.15, -0.1) is 11.3 Å². The standard InChI is InChI=1S/C24H21ClF3N5OS/c1-12-2-7-15-16(11-29)23(35-19(15)8-12)31-22(34)18-10-21-30-17(13-3-5-14(25)6-4-13)9-20(24(26,27)28)33(21)32-18/h3-6,10,12,17,20,30H,2,7-9H2,1H3,(H,31,34)/t12-,17-,20-/m1/s1. The normalized spacial score (nSPS) is 21.4. The van der Waals surface area contributed by atoms with Gasteiger partial charge in [0, 0.05) is 22.4 Å². The first-order valence-corrected chi connectivity index (χ1v) is 12.4. The van der Waals surface area contributed by atoms with Crippen molar-refractivity contribution < 1.29 is 18.0 Å². The number of nitrogens with zero attached hydrogens (tertiary/aromatic N) is 3. The van der Waals surface area contributed by atoms with Crippen LogP contribution >= 0.6 is 22.9 Å². The molecule has 3 atom stereocenters. The fraction of sp³-hybridized carbons (Fsp3) is 0.375. The Bertz CT molecular complexity index is 1320. The van der Waals surface area contributed by atoms with Crippen LogP contribution in [-0.4, -0.2) is 21.9 Å². The zero-order valence-electron chi connectivity index (χ0n) is 18.6. The molecule has 1 aromatic carbocycles. The molecule has 2 aliphatic rings. The average Bonchev–Trinajstić information content (AvgIpc) is 3.38. The highest BCUT2D eigenvalue weighted by molar-refractivity contribution is 7.16. The molecule has 0 radical (unpaired) electrons. The van der Waals surface area contributed by atoms with E-state index in [0.717, 1.165) is 34.4 Å². The van der Waals surface area contributed by atoms with Gasteiger partial charge in [-0.2, -0.15) is 23.5 Å². The van der Waals surface area contributed by atoms with E-state index in [0.29, 0.717) is 27.1 Å². The first kappa shape index (κ1) is 23.7. The molecule has 2 N–H and O–H groups in total. The van der Waals surface area contributed by atoms with Crippen molar-refractivity contribution in [1.82, 2.24) is 9.78 Å². The van der Waals surface area contributed by atoms with Crippen LogP contribution < -0.4 is 10.6 Å². The van der Waals surface area contributed by atoms with Crippen molar-refractivity contribution in [2.45, 2.75) is 50.9 Å². The molecule has 1 amide bonds. The Labute approximate surface area is 208 Å². The number of halogens is 4. The highest BCUT2D eigenvalue weighted by Gasteiger charge is 2.47. The Hall–Kier alpha value is -3.03. The first-order valence-electron chi connectivity index (χ1n) is 11.2. The zero-order valence-corrected chi connectivity index (χ0v) is 20.2. The summed E-state index contributed by atoms with van der Waals surface area (Å²) in [6.07, 6.45) is -2.26. The molecule has 182 valence electrons. The summed E-state index contributed by atoms with van der Waals surface area (Å²) in [5.41, 5.74) is 1.89. The number of carbonyl (C=O) groups is 1. The van der Waals surface area contributed by atoms with Crippen LogP contribution in [0.1, 0.15) is 63.9 Å². The molecule has 3 aromatic rings. The minimum atomic E-state index is -4.56. The van der Waals surface area contributed by atoms with Gasteiger partial charge in [0.05, 0.1) is 11.6 Å². The summed E-state index contributed by atoms with van der Waals surface area (Å²) in [7, 11) is 0. The van der Waals surface area contributed by atoms with Crippen molar-refractivity contribution in [2.75, 3.05) is 10.6 Å². The van der Waals surface area contributed by atoms with Crippen molar-refractivity contribution in [3.63, 3.8) is 0 Å². The second-order valence-corrected chi connectivity index (χ2v) is 10.6. The van der Waals surface area contributed by atoms with Gasteiger partial charge in [-0.3, -0.25) is 4.79 Å². The van der Waals surface area contributed by atoms with Crippen molar-refractivity contribution in [3.05, 3.63) is 62.6 Å². The molecular formula is C24H21ClF3N5OS. The highest BCUT2D eigenvalue weighted by atomic mass is 35.5. The van der Waals surface area contributed by atoms with Gasteiger partial charge in [0.1, 0.15) is 16.9 Å². The topological polar surface area (TPSA) is 82.7 Å². The Morgan fingerprint density at radius 1 is 1.34 bits per heavy atom. The van der Waals surface area contributed by atoms with E-state index in [1.807, 2.05) is 0 Å². The van der Waals surface area contributed by atoms with Crippen LogP contribution in [0.4, 0.5) is 24.0 Å². The molecule has 5 rings (SSSR count). The number of nitrogens with one attached hydrogen (secondary N) is 2. The van der Waals surface area contributed by atoms with E-state index in [9.17, 15) is 23.2 Å². The lowest BCUT2D eigenvalue weighted by Crippen LogP contribution is -2.35. The van der Waals surface area contributed by atoms with Gasteiger partial charge >= 0.3 is 6.18 Å². The number of carbonyl (C=O) groups excluding carboxylic acids is 1. The van der Waals surface area contributed by atoms with E-state index in [1.54, 1.807) is 24.3 Å². The van der Waals surface area contributed by atoms with Crippen LogP contribution in [0.2, 0.25) is 5.02 Å². The van der Waals surface area contributed by atoms with Gasteiger partial charge in [-0.05, 0) is 48.4 Å². The third-order valence-corrected chi connectivity index (χ3v) is 7.97. The maximum Gasteiger partial charge on any atom is 0.410 e. The van der Waals surface area contributed by atoms with E-state index >= 15 is 0 Å². The number of fused-ring (bicyclic) bond motifs is 2. The van der Waals surface area contributed by atoms with Crippen molar-refractivity contribution in [1.29, 1.82) is 5.26 Å². The summed E-state index contributed by atoms with van der Waals surface area (Å²) < 4.78 is 42.7. The molecule has 2 aromatic heterocycles. The summed E-state index contributed by atoms with van der Waals surface area (Å²) in [6.45, 7) is 2.14. The third-order valence-electron chi connectivity index (χ3n) is 6.55.